The van der Waals surface area contributed by atoms with Crippen molar-refractivity contribution < 1.29 is 4.79 Å². The second-order valence-electron chi connectivity index (χ2n) is 4.69. The van der Waals surface area contributed by atoms with Gasteiger partial charge in [-0.15, -0.1) is 0 Å². The van der Waals surface area contributed by atoms with Gasteiger partial charge in [0.2, 0.25) is 5.91 Å². The van der Waals surface area contributed by atoms with Crippen LogP contribution in [0, 0.1) is 11.8 Å². The molecule has 1 unspecified atom stereocenters. The van der Waals surface area contributed by atoms with Crippen molar-refractivity contribution in [1.29, 1.82) is 0 Å². The van der Waals surface area contributed by atoms with Crippen molar-refractivity contribution in [1.82, 2.24) is 5.32 Å². The number of rotatable bonds is 4. The molecule has 3 N–H and O–H groups in total. The van der Waals surface area contributed by atoms with Crippen LogP contribution in [0.25, 0.3) is 0 Å². The van der Waals surface area contributed by atoms with Gasteiger partial charge in [0.25, 0.3) is 0 Å². The minimum absolute atomic E-state index is 0.0243. The van der Waals surface area contributed by atoms with E-state index >= 15 is 0 Å². The fourth-order valence-electron chi connectivity index (χ4n) is 1.83. The lowest BCUT2D eigenvalue weighted by Crippen LogP contribution is -2.51. The zero-order valence-electron chi connectivity index (χ0n) is 9.42. The van der Waals surface area contributed by atoms with Crippen molar-refractivity contribution >= 4 is 5.91 Å². The van der Waals surface area contributed by atoms with E-state index in [1.165, 1.54) is 0 Å². The van der Waals surface area contributed by atoms with E-state index < -0.39 is 0 Å². The number of carbonyl (C=O) groups excluding carboxylic acids is 1. The van der Waals surface area contributed by atoms with Crippen LogP contribution in [0.3, 0.4) is 0 Å². The molecule has 0 aromatic rings. The van der Waals surface area contributed by atoms with Crippen molar-refractivity contribution in [3.63, 3.8) is 0 Å². The summed E-state index contributed by atoms with van der Waals surface area (Å²) in [5.74, 6) is 1.06. The van der Waals surface area contributed by atoms with Gasteiger partial charge < -0.3 is 11.1 Å². The summed E-state index contributed by atoms with van der Waals surface area (Å²) in [6.07, 6.45) is 3.17. The largest absolute Gasteiger partial charge is 0.352 e. The molecule has 1 aliphatic rings. The number of nitrogens with one attached hydrogen (secondary N) is 1. The van der Waals surface area contributed by atoms with Crippen molar-refractivity contribution in [2.24, 2.45) is 17.6 Å². The number of carbonyl (C=O) groups is 1. The summed E-state index contributed by atoms with van der Waals surface area (Å²) in [5, 5.41) is 3.00. The molecule has 82 valence electrons. The van der Waals surface area contributed by atoms with E-state index in [4.69, 9.17) is 5.73 Å². The van der Waals surface area contributed by atoms with Gasteiger partial charge in [0.05, 0.1) is 6.04 Å². The van der Waals surface area contributed by atoms with Crippen LogP contribution in [-0.4, -0.2) is 18.0 Å². The van der Waals surface area contributed by atoms with Crippen LogP contribution in [0.2, 0.25) is 0 Å². The minimum atomic E-state index is -0.337. The van der Waals surface area contributed by atoms with Crippen LogP contribution in [0.15, 0.2) is 0 Å². The fraction of sp³-hybridized carbons (Fsp3) is 0.909. The summed E-state index contributed by atoms with van der Waals surface area (Å²) < 4.78 is 0. The SMILES string of the molecule is CCC(C)[C@H](N)C(=O)NC1CC(C)C1. The molecule has 1 fully saturated rings. The van der Waals surface area contributed by atoms with Gasteiger partial charge in [0.15, 0.2) is 0 Å². The summed E-state index contributed by atoms with van der Waals surface area (Å²) in [4.78, 5) is 11.6. The van der Waals surface area contributed by atoms with Crippen molar-refractivity contribution in [3.05, 3.63) is 0 Å². The summed E-state index contributed by atoms with van der Waals surface area (Å²) in [6.45, 7) is 6.29. The van der Waals surface area contributed by atoms with Crippen LogP contribution >= 0.6 is 0 Å². The van der Waals surface area contributed by atoms with E-state index in [9.17, 15) is 4.79 Å². The average molecular weight is 198 g/mol. The van der Waals surface area contributed by atoms with E-state index in [-0.39, 0.29) is 17.9 Å². The monoisotopic (exact) mass is 198 g/mol. The van der Waals surface area contributed by atoms with Crippen LogP contribution in [-0.2, 0) is 4.79 Å². The Labute approximate surface area is 86.4 Å². The van der Waals surface area contributed by atoms with Crippen LogP contribution in [0.5, 0.6) is 0 Å². The van der Waals surface area contributed by atoms with Gasteiger partial charge in [0.1, 0.15) is 0 Å². The molecule has 1 amide bonds. The molecular formula is C11H22N2O. The van der Waals surface area contributed by atoms with Crippen LogP contribution in [0.4, 0.5) is 0 Å². The van der Waals surface area contributed by atoms with Crippen molar-refractivity contribution in [2.45, 2.75) is 52.1 Å². The van der Waals surface area contributed by atoms with Crippen molar-refractivity contribution in [2.75, 3.05) is 0 Å². The second-order valence-corrected chi connectivity index (χ2v) is 4.69. The topological polar surface area (TPSA) is 55.1 Å². The molecule has 0 heterocycles. The molecule has 1 saturated carbocycles. The summed E-state index contributed by atoms with van der Waals surface area (Å²) in [7, 11) is 0. The molecular weight excluding hydrogens is 176 g/mol. The van der Waals surface area contributed by atoms with E-state index in [1.54, 1.807) is 0 Å². The maximum atomic E-state index is 11.6. The first kappa shape index (κ1) is 11.5. The molecule has 0 radical (unpaired) electrons. The third-order valence-corrected chi connectivity index (χ3v) is 3.28. The van der Waals surface area contributed by atoms with E-state index in [2.05, 4.69) is 19.2 Å². The highest BCUT2D eigenvalue weighted by molar-refractivity contribution is 5.82. The quantitative estimate of drug-likeness (QED) is 0.715. The molecule has 0 bridgehead atoms. The maximum Gasteiger partial charge on any atom is 0.237 e. The first-order chi connectivity index (χ1) is 6.54. The molecule has 1 aliphatic carbocycles. The highest BCUT2D eigenvalue weighted by atomic mass is 16.2. The van der Waals surface area contributed by atoms with Gasteiger partial charge in [0, 0.05) is 6.04 Å². The molecule has 0 aliphatic heterocycles. The second kappa shape index (κ2) is 4.78. The Balaban J connectivity index is 2.27. The van der Waals surface area contributed by atoms with Gasteiger partial charge in [-0.25, -0.2) is 0 Å². The van der Waals surface area contributed by atoms with Gasteiger partial charge in [-0.2, -0.15) is 0 Å². The Morgan fingerprint density at radius 3 is 2.57 bits per heavy atom. The zero-order valence-corrected chi connectivity index (χ0v) is 9.42. The predicted octanol–water partition coefficient (Wildman–Crippen LogP) is 1.27. The molecule has 2 atom stereocenters. The third-order valence-electron chi connectivity index (χ3n) is 3.28. The molecule has 0 aromatic heterocycles. The Kier molecular flexibility index (Phi) is 3.93. The summed E-state index contributed by atoms with van der Waals surface area (Å²) >= 11 is 0. The maximum absolute atomic E-state index is 11.6. The summed E-state index contributed by atoms with van der Waals surface area (Å²) in [6, 6.07) is 0.0449. The first-order valence-corrected chi connectivity index (χ1v) is 5.60. The Morgan fingerprint density at radius 2 is 2.14 bits per heavy atom. The molecule has 3 nitrogen and oxygen atoms in total. The smallest absolute Gasteiger partial charge is 0.237 e. The van der Waals surface area contributed by atoms with Gasteiger partial charge in [-0.05, 0) is 24.7 Å². The predicted molar refractivity (Wildman–Crippen MR) is 57.8 cm³/mol. The third kappa shape index (κ3) is 2.71. The van der Waals surface area contributed by atoms with Gasteiger partial charge in [-0.1, -0.05) is 27.2 Å². The fourth-order valence-corrected chi connectivity index (χ4v) is 1.83. The molecule has 0 spiro atoms. The van der Waals surface area contributed by atoms with Crippen molar-refractivity contribution in [3.8, 4) is 0 Å². The lowest BCUT2D eigenvalue weighted by Gasteiger charge is -2.34. The number of hydrogen-bond acceptors (Lipinski definition) is 2. The number of amides is 1. The Morgan fingerprint density at radius 1 is 1.57 bits per heavy atom. The average Bonchev–Trinajstić information content (AvgIpc) is 2.12. The molecule has 0 aromatic carbocycles. The number of nitrogens with two attached hydrogens (primary N) is 1. The van der Waals surface area contributed by atoms with E-state index in [0.717, 1.165) is 25.2 Å². The van der Waals surface area contributed by atoms with Gasteiger partial charge in [-0.3, -0.25) is 4.79 Å². The lowest BCUT2D eigenvalue weighted by atomic mass is 9.81. The van der Waals surface area contributed by atoms with E-state index in [1.807, 2.05) is 6.92 Å². The lowest BCUT2D eigenvalue weighted by molar-refractivity contribution is -0.124. The molecule has 14 heavy (non-hydrogen) atoms. The van der Waals surface area contributed by atoms with Crippen LogP contribution in [0.1, 0.15) is 40.0 Å². The zero-order chi connectivity index (χ0) is 10.7. The highest BCUT2D eigenvalue weighted by Gasteiger charge is 2.29. The highest BCUT2D eigenvalue weighted by Crippen LogP contribution is 2.26. The Bertz CT molecular complexity index is 199. The first-order valence-electron chi connectivity index (χ1n) is 5.60. The van der Waals surface area contributed by atoms with E-state index in [0.29, 0.717) is 6.04 Å². The summed E-state index contributed by atoms with van der Waals surface area (Å²) in [5.41, 5.74) is 5.82. The molecule has 0 saturated heterocycles. The molecule has 3 heteroatoms. The molecule has 1 rings (SSSR count). The normalized spacial score (nSPS) is 30.3. The number of hydrogen-bond donors (Lipinski definition) is 2. The van der Waals surface area contributed by atoms with Gasteiger partial charge >= 0.3 is 0 Å². The standard InChI is InChI=1S/C11H22N2O/c1-4-8(3)10(12)11(14)13-9-5-7(2)6-9/h7-10H,4-6,12H2,1-3H3,(H,13,14)/t7?,8?,9?,10-/m0/s1. The Hall–Kier alpha value is -0.570. The van der Waals surface area contributed by atoms with Crippen LogP contribution < -0.4 is 11.1 Å². The minimum Gasteiger partial charge on any atom is -0.352 e.